The van der Waals surface area contributed by atoms with E-state index in [0.29, 0.717) is 16.4 Å². The van der Waals surface area contributed by atoms with Gasteiger partial charge in [-0.3, -0.25) is 9.59 Å². The number of thiazole rings is 1. The van der Waals surface area contributed by atoms with Crippen LogP contribution in [0.4, 0.5) is 0 Å². The molecule has 0 radical (unpaired) electrons. The standard InChI is InChI=1S/C18H18N4O2S/c1-11(2)19-17(24)18-20-15(12-7-5-4-6-8-12)16(25-18)13-9-10-14(23)22(3)21-13/h4-11H,1-3H3,(H,19,24). The second-order valence-electron chi connectivity index (χ2n) is 5.87. The SMILES string of the molecule is CC(C)NC(=O)c1nc(-c2ccccc2)c(-c2ccc(=O)n(C)n2)s1. The van der Waals surface area contributed by atoms with Crippen LogP contribution in [0.25, 0.3) is 21.8 Å². The molecule has 7 heteroatoms. The summed E-state index contributed by atoms with van der Waals surface area (Å²) in [6.07, 6.45) is 0. The van der Waals surface area contributed by atoms with E-state index in [0.717, 1.165) is 10.4 Å². The molecule has 2 aromatic heterocycles. The highest BCUT2D eigenvalue weighted by Crippen LogP contribution is 2.35. The zero-order valence-electron chi connectivity index (χ0n) is 14.2. The van der Waals surface area contributed by atoms with Crippen molar-refractivity contribution >= 4 is 17.2 Å². The molecule has 0 spiro atoms. The largest absolute Gasteiger partial charge is 0.348 e. The van der Waals surface area contributed by atoms with Gasteiger partial charge in [0.1, 0.15) is 5.69 Å². The van der Waals surface area contributed by atoms with Gasteiger partial charge in [-0.2, -0.15) is 5.10 Å². The van der Waals surface area contributed by atoms with Crippen LogP contribution < -0.4 is 10.9 Å². The number of nitrogens with zero attached hydrogens (tertiary/aromatic N) is 3. The average Bonchev–Trinajstić information content (AvgIpc) is 3.03. The van der Waals surface area contributed by atoms with Gasteiger partial charge in [0.25, 0.3) is 11.5 Å². The molecule has 0 aliphatic carbocycles. The van der Waals surface area contributed by atoms with Gasteiger partial charge in [0.15, 0.2) is 5.01 Å². The van der Waals surface area contributed by atoms with Crippen LogP contribution in [-0.2, 0) is 7.05 Å². The second-order valence-corrected chi connectivity index (χ2v) is 6.87. The lowest BCUT2D eigenvalue weighted by Gasteiger charge is -2.04. The maximum atomic E-state index is 12.4. The van der Waals surface area contributed by atoms with Gasteiger partial charge in [-0.05, 0) is 19.9 Å². The smallest absolute Gasteiger partial charge is 0.280 e. The molecule has 0 fully saturated rings. The lowest BCUT2D eigenvalue weighted by Crippen LogP contribution is -2.29. The number of rotatable bonds is 4. The van der Waals surface area contributed by atoms with Crippen molar-refractivity contribution in [3.8, 4) is 21.8 Å². The third-order valence-electron chi connectivity index (χ3n) is 3.48. The maximum Gasteiger partial charge on any atom is 0.280 e. The van der Waals surface area contributed by atoms with E-state index < -0.39 is 0 Å². The van der Waals surface area contributed by atoms with Crippen LogP contribution in [0.2, 0.25) is 0 Å². The number of hydrogen-bond donors (Lipinski definition) is 1. The summed E-state index contributed by atoms with van der Waals surface area (Å²) in [6.45, 7) is 3.80. The number of amides is 1. The van der Waals surface area contributed by atoms with E-state index in [1.54, 1.807) is 13.1 Å². The zero-order valence-corrected chi connectivity index (χ0v) is 15.0. The van der Waals surface area contributed by atoms with Crippen molar-refractivity contribution in [2.45, 2.75) is 19.9 Å². The molecule has 0 saturated carbocycles. The fraction of sp³-hybridized carbons (Fsp3) is 0.222. The predicted octanol–water partition coefficient (Wildman–Crippen LogP) is 2.71. The van der Waals surface area contributed by atoms with Crippen molar-refractivity contribution in [2.75, 3.05) is 0 Å². The Kier molecular flexibility index (Phi) is 4.76. The molecule has 1 aromatic carbocycles. The molecule has 0 atom stereocenters. The molecule has 6 nitrogen and oxygen atoms in total. The Morgan fingerprint density at radius 3 is 2.52 bits per heavy atom. The van der Waals surface area contributed by atoms with E-state index in [9.17, 15) is 9.59 Å². The Balaban J connectivity index is 2.14. The highest BCUT2D eigenvalue weighted by Gasteiger charge is 2.20. The van der Waals surface area contributed by atoms with Crippen LogP contribution in [0, 0.1) is 0 Å². The number of hydrogen-bond acceptors (Lipinski definition) is 5. The molecule has 3 aromatic rings. The summed E-state index contributed by atoms with van der Waals surface area (Å²) in [5.41, 5.74) is 2.01. The molecule has 0 bridgehead atoms. The predicted molar refractivity (Wildman–Crippen MR) is 98.6 cm³/mol. The lowest BCUT2D eigenvalue weighted by atomic mass is 10.1. The molecule has 0 aliphatic heterocycles. The summed E-state index contributed by atoms with van der Waals surface area (Å²) in [6, 6.07) is 12.8. The molecule has 2 heterocycles. The van der Waals surface area contributed by atoms with E-state index >= 15 is 0 Å². The molecular formula is C18H18N4O2S. The summed E-state index contributed by atoms with van der Waals surface area (Å²) < 4.78 is 1.28. The number of carbonyl (C=O) groups is 1. The zero-order chi connectivity index (χ0) is 18.0. The van der Waals surface area contributed by atoms with E-state index in [2.05, 4.69) is 15.4 Å². The molecule has 0 saturated heterocycles. The molecule has 128 valence electrons. The average molecular weight is 354 g/mol. The molecule has 0 unspecified atom stereocenters. The quantitative estimate of drug-likeness (QED) is 0.781. The summed E-state index contributed by atoms with van der Waals surface area (Å²) in [5.74, 6) is -0.215. The van der Waals surface area contributed by atoms with Gasteiger partial charge in [-0.25, -0.2) is 9.67 Å². The first-order chi connectivity index (χ1) is 12.0. The summed E-state index contributed by atoms with van der Waals surface area (Å²) >= 11 is 1.27. The number of aryl methyl sites for hydroxylation is 1. The fourth-order valence-electron chi connectivity index (χ4n) is 2.33. The minimum absolute atomic E-state index is 0.0238. The number of aromatic nitrogens is 3. The Morgan fingerprint density at radius 1 is 1.16 bits per heavy atom. The van der Waals surface area contributed by atoms with Crippen molar-refractivity contribution in [1.29, 1.82) is 0 Å². The first-order valence-electron chi connectivity index (χ1n) is 7.87. The summed E-state index contributed by atoms with van der Waals surface area (Å²) in [5, 5.41) is 7.54. The van der Waals surface area contributed by atoms with Gasteiger partial charge in [0.05, 0.1) is 10.6 Å². The van der Waals surface area contributed by atoms with Gasteiger partial charge in [0.2, 0.25) is 0 Å². The number of nitrogens with one attached hydrogen (secondary N) is 1. The highest BCUT2D eigenvalue weighted by molar-refractivity contribution is 7.17. The monoisotopic (exact) mass is 354 g/mol. The van der Waals surface area contributed by atoms with Crippen LogP contribution in [0.5, 0.6) is 0 Å². The van der Waals surface area contributed by atoms with Gasteiger partial charge in [-0.1, -0.05) is 30.3 Å². The van der Waals surface area contributed by atoms with E-state index in [1.165, 1.54) is 22.1 Å². The normalized spacial score (nSPS) is 10.9. The van der Waals surface area contributed by atoms with E-state index in [1.807, 2.05) is 44.2 Å². The Morgan fingerprint density at radius 2 is 1.88 bits per heavy atom. The van der Waals surface area contributed by atoms with Crippen molar-refractivity contribution in [2.24, 2.45) is 7.05 Å². The minimum atomic E-state index is -0.215. The fourth-order valence-corrected chi connectivity index (χ4v) is 3.29. The summed E-state index contributed by atoms with van der Waals surface area (Å²) in [4.78, 5) is 29.3. The number of carbonyl (C=O) groups excluding carboxylic acids is 1. The van der Waals surface area contributed by atoms with E-state index in [4.69, 9.17) is 0 Å². The van der Waals surface area contributed by atoms with Gasteiger partial charge in [0, 0.05) is 24.7 Å². The Labute approximate surface area is 149 Å². The van der Waals surface area contributed by atoms with Crippen LogP contribution in [-0.4, -0.2) is 26.7 Å². The molecule has 1 amide bonds. The topological polar surface area (TPSA) is 76.9 Å². The van der Waals surface area contributed by atoms with Crippen LogP contribution in [0.3, 0.4) is 0 Å². The van der Waals surface area contributed by atoms with Crippen molar-refractivity contribution in [1.82, 2.24) is 20.1 Å². The van der Waals surface area contributed by atoms with Gasteiger partial charge < -0.3 is 5.32 Å². The minimum Gasteiger partial charge on any atom is -0.348 e. The number of benzene rings is 1. The van der Waals surface area contributed by atoms with Crippen LogP contribution in [0.15, 0.2) is 47.3 Å². The van der Waals surface area contributed by atoms with Crippen LogP contribution in [0.1, 0.15) is 23.6 Å². The van der Waals surface area contributed by atoms with E-state index in [-0.39, 0.29) is 17.5 Å². The molecule has 1 N–H and O–H groups in total. The third kappa shape index (κ3) is 3.66. The lowest BCUT2D eigenvalue weighted by molar-refractivity contribution is 0.0943. The Hall–Kier alpha value is -2.80. The van der Waals surface area contributed by atoms with Crippen LogP contribution >= 0.6 is 11.3 Å². The first-order valence-corrected chi connectivity index (χ1v) is 8.69. The van der Waals surface area contributed by atoms with Crippen molar-refractivity contribution in [3.05, 3.63) is 57.8 Å². The molecule has 25 heavy (non-hydrogen) atoms. The van der Waals surface area contributed by atoms with Gasteiger partial charge in [-0.15, -0.1) is 11.3 Å². The highest BCUT2D eigenvalue weighted by atomic mass is 32.1. The maximum absolute atomic E-state index is 12.4. The van der Waals surface area contributed by atoms with Crippen molar-refractivity contribution in [3.63, 3.8) is 0 Å². The first kappa shape index (κ1) is 17.0. The summed E-state index contributed by atoms with van der Waals surface area (Å²) in [7, 11) is 1.60. The van der Waals surface area contributed by atoms with Crippen molar-refractivity contribution < 1.29 is 4.79 Å². The molecule has 0 aliphatic rings. The third-order valence-corrected chi connectivity index (χ3v) is 4.56. The second kappa shape index (κ2) is 6.98. The Bertz CT molecular complexity index is 961. The molecular weight excluding hydrogens is 336 g/mol. The molecule has 3 rings (SSSR count). The van der Waals surface area contributed by atoms with Gasteiger partial charge >= 0.3 is 0 Å².